The monoisotopic (exact) mass is 230 g/mol. The smallest absolute Gasteiger partial charge is 0.0967 e. The number of nitrogens with zero attached hydrogens (tertiary/aromatic N) is 3. The third-order valence-electron chi connectivity index (χ3n) is 2.77. The van der Waals surface area contributed by atoms with Crippen molar-refractivity contribution in [2.24, 2.45) is 5.73 Å². The second-order valence-electron chi connectivity index (χ2n) is 4.13. The fraction of sp³-hybridized carbons (Fsp3) is 0.385. The van der Waals surface area contributed by atoms with Crippen LogP contribution in [0.3, 0.4) is 0 Å². The Morgan fingerprint density at radius 3 is 2.59 bits per heavy atom. The van der Waals surface area contributed by atoms with Crippen LogP contribution in [-0.4, -0.2) is 15.0 Å². The zero-order chi connectivity index (χ0) is 12.1. The van der Waals surface area contributed by atoms with E-state index in [1.54, 1.807) is 4.68 Å². The second-order valence-corrected chi connectivity index (χ2v) is 4.13. The summed E-state index contributed by atoms with van der Waals surface area (Å²) >= 11 is 0. The first-order chi connectivity index (χ1) is 8.33. The Hall–Kier alpha value is -1.68. The molecular formula is C13H18N4. The van der Waals surface area contributed by atoms with Gasteiger partial charge >= 0.3 is 0 Å². The predicted molar refractivity (Wildman–Crippen MR) is 67.9 cm³/mol. The van der Waals surface area contributed by atoms with Crippen LogP contribution in [0.4, 0.5) is 0 Å². The lowest BCUT2D eigenvalue weighted by Crippen LogP contribution is -1.96. The van der Waals surface area contributed by atoms with Crippen molar-refractivity contribution in [1.82, 2.24) is 15.0 Å². The lowest BCUT2D eigenvalue weighted by atomic mass is 10.1. The van der Waals surface area contributed by atoms with Crippen molar-refractivity contribution in [3.63, 3.8) is 0 Å². The molecule has 1 aromatic carbocycles. The van der Waals surface area contributed by atoms with Crippen LogP contribution in [0.2, 0.25) is 0 Å². The van der Waals surface area contributed by atoms with E-state index >= 15 is 0 Å². The van der Waals surface area contributed by atoms with Crippen LogP contribution < -0.4 is 5.73 Å². The van der Waals surface area contributed by atoms with Gasteiger partial charge in [-0.1, -0.05) is 30.7 Å². The molecule has 4 heteroatoms. The van der Waals surface area contributed by atoms with Gasteiger partial charge in [-0.15, -0.1) is 5.10 Å². The Balaban J connectivity index is 2.11. The van der Waals surface area contributed by atoms with Crippen LogP contribution in [-0.2, 0) is 13.0 Å². The van der Waals surface area contributed by atoms with Crippen LogP contribution in [0.1, 0.15) is 31.0 Å². The summed E-state index contributed by atoms with van der Waals surface area (Å²) in [5.74, 6) is 0. The van der Waals surface area contributed by atoms with Gasteiger partial charge in [-0.3, -0.25) is 0 Å². The second kappa shape index (κ2) is 5.59. The summed E-state index contributed by atoms with van der Waals surface area (Å²) in [6.07, 6.45) is 5.47. The molecule has 17 heavy (non-hydrogen) atoms. The Bertz CT molecular complexity index is 459. The van der Waals surface area contributed by atoms with E-state index < -0.39 is 0 Å². The zero-order valence-corrected chi connectivity index (χ0v) is 10.1. The van der Waals surface area contributed by atoms with E-state index in [0.717, 1.165) is 17.8 Å². The topological polar surface area (TPSA) is 56.7 Å². The number of rotatable bonds is 5. The van der Waals surface area contributed by atoms with E-state index in [9.17, 15) is 0 Å². The van der Waals surface area contributed by atoms with Gasteiger partial charge in [0.05, 0.1) is 17.6 Å². The summed E-state index contributed by atoms with van der Waals surface area (Å²) in [6.45, 7) is 2.63. The maximum Gasteiger partial charge on any atom is 0.0967 e. The van der Waals surface area contributed by atoms with Gasteiger partial charge in [0.25, 0.3) is 0 Å². The van der Waals surface area contributed by atoms with E-state index in [4.69, 9.17) is 5.73 Å². The van der Waals surface area contributed by atoms with Gasteiger partial charge in [0, 0.05) is 6.54 Å². The predicted octanol–water partition coefficient (Wildman–Crippen LogP) is 2.07. The minimum atomic E-state index is 0.425. The molecule has 2 aromatic rings. The molecule has 90 valence electrons. The highest BCUT2D eigenvalue weighted by atomic mass is 15.4. The van der Waals surface area contributed by atoms with Crippen molar-refractivity contribution in [2.45, 2.75) is 32.7 Å². The summed E-state index contributed by atoms with van der Waals surface area (Å²) in [5, 5.41) is 8.01. The van der Waals surface area contributed by atoms with E-state index in [1.165, 1.54) is 18.4 Å². The molecule has 0 aliphatic heterocycles. The highest BCUT2D eigenvalue weighted by Gasteiger charge is 2.01. The van der Waals surface area contributed by atoms with Gasteiger partial charge < -0.3 is 5.73 Å². The first kappa shape index (κ1) is 11.8. The molecular weight excluding hydrogens is 212 g/mol. The maximum atomic E-state index is 5.50. The molecule has 1 heterocycles. The molecule has 0 bridgehead atoms. The molecule has 0 fully saturated rings. The number of hydrogen-bond donors (Lipinski definition) is 1. The van der Waals surface area contributed by atoms with E-state index in [1.807, 2.05) is 6.20 Å². The Morgan fingerprint density at radius 1 is 1.24 bits per heavy atom. The lowest BCUT2D eigenvalue weighted by Gasteiger charge is -2.02. The minimum Gasteiger partial charge on any atom is -0.325 e. The standard InChI is InChI=1S/C13H18N4/c1-2-3-4-11-5-7-13(8-6-11)17-10-12(9-14)15-16-17/h5-8,10H,2-4,9,14H2,1H3. The lowest BCUT2D eigenvalue weighted by molar-refractivity contribution is 0.786. The molecule has 2 N–H and O–H groups in total. The number of hydrogen-bond acceptors (Lipinski definition) is 3. The summed E-state index contributed by atoms with van der Waals surface area (Å²) < 4.78 is 1.76. The third kappa shape index (κ3) is 2.91. The molecule has 0 unspecified atom stereocenters. The van der Waals surface area contributed by atoms with Crippen molar-refractivity contribution in [3.8, 4) is 5.69 Å². The molecule has 0 amide bonds. The molecule has 0 aliphatic carbocycles. The Kier molecular flexibility index (Phi) is 3.88. The molecule has 0 spiro atoms. The normalized spacial score (nSPS) is 10.7. The summed E-state index contributed by atoms with van der Waals surface area (Å²) in [4.78, 5) is 0. The largest absolute Gasteiger partial charge is 0.325 e. The quantitative estimate of drug-likeness (QED) is 0.855. The molecule has 0 radical (unpaired) electrons. The Labute approximate surface area is 101 Å². The molecule has 2 rings (SSSR count). The number of nitrogens with two attached hydrogens (primary N) is 1. The fourth-order valence-electron chi connectivity index (χ4n) is 1.71. The average Bonchev–Trinajstić information content (AvgIpc) is 2.86. The SMILES string of the molecule is CCCCc1ccc(-n2cc(CN)nn2)cc1. The number of aromatic nitrogens is 3. The van der Waals surface area contributed by atoms with E-state index in [2.05, 4.69) is 41.5 Å². The molecule has 0 atom stereocenters. The van der Waals surface area contributed by atoms with Gasteiger partial charge in [0.1, 0.15) is 0 Å². The maximum absolute atomic E-state index is 5.50. The first-order valence-electron chi connectivity index (χ1n) is 6.04. The van der Waals surface area contributed by atoms with Crippen molar-refractivity contribution >= 4 is 0 Å². The average molecular weight is 230 g/mol. The highest BCUT2D eigenvalue weighted by Crippen LogP contribution is 2.11. The van der Waals surface area contributed by atoms with Crippen LogP contribution in [0.15, 0.2) is 30.5 Å². The van der Waals surface area contributed by atoms with E-state index in [0.29, 0.717) is 6.54 Å². The van der Waals surface area contributed by atoms with Crippen LogP contribution in [0.25, 0.3) is 5.69 Å². The van der Waals surface area contributed by atoms with Crippen LogP contribution >= 0.6 is 0 Å². The number of benzene rings is 1. The van der Waals surface area contributed by atoms with Crippen molar-refractivity contribution in [2.75, 3.05) is 0 Å². The fourth-order valence-corrected chi connectivity index (χ4v) is 1.71. The van der Waals surface area contributed by atoms with Gasteiger partial charge in [-0.2, -0.15) is 0 Å². The molecule has 4 nitrogen and oxygen atoms in total. The van der Waals surface area contributed by atoms with Gasteiger partial charge in [0.2, 0.25) is 0 Å². The molecule has 0 saturated carbocycles. The van der Waals surface area contributed by atoms with Crippen molar-refractivity contribution in [3.05, 3.63) is 41.7 Å². The Morgan fingerprint density at radius 2 is 2.00 bits per heavy atom. The first-order valence-corrected chi connectivity index (χ1v) is 6.04. The molecule has 0 saturated heterocycles. The summed E-state index contributed by atoms with van der Waals surface area (Å²) in [7, 11) is 0. The van der Waals surface area contributed by atoms with Gasteiger partial charge in [-0.25, -0.2) is 4.68 Å². The van der Waals surface area contributed by atoms with Crippen LogP contribution in [0, 0.1) is 0 Å². The molecule has 1 aromatic heterocycles. The number of aryl methyl sites for hydroxylation is 1. The summed E-state index contributed by atoms with van der Waals surface area (Å²) in [5.41, 5.74) is 8.71. The van der Waals surface area contributed by atoms with E-state index in [-0.39, 0.29) is 0 Å². The van der Waals surface area contributed by atoms with Gasteiger partial charge in [0.15, 0.2) is 0 Å². The van der Waals surface area contributed by atoms with Gasteiger partial charge in [-0.05, 0) is 30.5 Å². The summed E-state index contributed by atoms with van der Waals surface area (Å²) in [6, 6.07) is 8.43. The number of unbranched alkanes of at least 4 members (excludes halogenated alkanes) is 1. The van der Waals surface area contributed by atoms with Crippen molar-refractivity contribution in [1.29, 1.82) is 0 Å². The highest BCUT2D eigenvalue weighted by molar-refractivity contribution is 5.33. The van der Waals surface area contributed by atoms with Crippen LogP contribution in [0.5, 0.6) is 0 Å². The zero-order valence-electron chi connectivity index (χ0n) is 10.1. The minimum absolute atomic E-state index is 0.425. The third-order valence-corrected chi connectivity index (χ3v) is 2.77. The van der Waals surface area contributed by atoms with Crippen molar-refractivity contribution < 1.29 is 0 Å². The molecule has 0 aliphatic rings.